The molecule has 0 N–H and O–H groups in total. The lowest BCUT2D eigenvalue weighted by molar-refractivity contribution is -0.385. The molecule has 9 heteroatoms. The molecular formula is C18H18I2N2O5. The van der Waals surface area contributed by atoms with E-state index < -0.39 is 9.85 Å². The van der Waals surface area contributed by atoms with Gasteiger partial charge in [-0.3, -0.25) is 20.2 Å². The number of hydrogen-bond acceptors (Lipinski definition) is 5. The van der Waals surface area contributed by atoms with Crippen molar-refractivity contribution in [1.82, 2.24) is 0 Å². The number of nitro groups is 2. The third-order valence-corrected chi connectivity index (χ3v) is 7.12. The largest absolute Gasteiger partial charge is 0.457 e. The van der Waals surface area contributed by atoms with Crippen molar-refractivity contribution < 1.29 is 14.6 Å². The van der Waals surface area contributed by atoms with Crippen LogP contribution in [0.4, 0.5) is 11.4 Å². The van der Waals surface area contributed by atoms with E-state index in [1.165, 1.54) is 12.1 Å². The van der Waals surface area contributed by atoms with Crippen LogP contribution in [0, 0.1) is 20.2 Å². The fourth-order valence-electron chi connectivity index (χ4n) is 2.60. The zero-order chi connectivity index (χ0) is 20.1. The number of ether oxygens (including phenoxy) is 1. The van der Waals surface area contributed by atoms with E-state index in [2.05, 4.69) is 45.2 Å². The lowest BCUT2D eigenvalue weighted by Crippen LogP contribution is -1.99. The Kier molecular flexibility index (Phi) is 7.77. The highest BCUT2D eigenvalue weighted by atomic mass is 127. The van der Waals surface area contributed by atoms with Crippen molar-refractivity contribution in [3.63, 3.8) is 0 Å². The molecule has 0 aliphatic rings. The summed E-state index contributed by atoms with van der Waals surface area (Å²) in [5.41, 5.74) is 1.32. The van der Waals surface area contributed by atoms with Crippen LogP contribution in [0.25, 0.3) is 0 Å². The van der Waals surface area contributed by atoms with Crippen molar-refractivity contribution in [2.45, 2.75) is 34.5 Å². The van der Waals surface area contributed by atoms with Gasteiger partial charge in [0, 0.05) is 31.1 Å². The molecular weight excluding hydrogens is 578 g/mol. The summed E-state index contributed by atoms with van der Waals surface area (Å²) in [6.45, 7) is 3.92. The Hall–Kier alpha value is -1.50. The predicted octanol–water partition coefficient (Wildman–Crippen LogP) is 7.07. The van der Waals surface area contributed by atoms with Gasteiger partial charge in [0.25, 0.3) is 11.4 Å². The molecule has 2 rings (SSSR count). The summed E-state index contributed by atoms with van der Waals surface area (Å²) >= 11 is 4.35. The maximum atomic E-state index is 11.3. The first kappa shape index (κ1) is 21.8. The van der Waals surface area contributed by atoms with Crippen LogP contribution in [0.15, 0.2) is 36.4 Å². The van der Waals surface area contributed by atoms with Crippen LogP contribution in [0.2, 0.25) is 0 Å². The zero-order valence-corrected chi connectivity index (χ0v) is 19.0. The fraction of sp³-hybridized carbons (Fsp3) is 0.333. The summed E-state index contributed by atoms with van der Waals surface area (Å²) in [5, 5.41) is 22.5. The number of rotatable bonds is 8. The Morgan fingerprint density at radius 2 is 1.22 bits per heavy atom. The van der Waals surface area contributed by atoms with E-state index in [1.54, 1.807) is 24.3 Å². The molecule has 0 aliphatic carbocycles. The summed E-state index contributed by atoms with van der Waals surface area (Å²) in [6, 6.07) is 9.30. The Morgan fingerprint density at radius 1 is 0.852 bits per heavy atom. The normalized spacial score (nSPS) is 13.0. The second-order valence-corrected chi connectivity index (χ2v) is 8.82. The summed E-state index contributed by atoms with van der Waals surface area (Å²) in [7, 11) is 0. The van der Waals surface area contributed by atoms with E-state index in [-0.39, 0.29) is 19.2 Å². The molecule has 2 aromatic rings. The van der Waals surface area contributed by atoms with Gasteiger partial charge >= 0.3 is 0 Å². The molecule has 0 fully saturated rings. The van der Waals surface area contributed by atoms with Gasteiger partial charge in [-0.15, -0.1) is 0 Å². The topological polar surface area (TPSA) is 95.5 Å². The molecule has 0 saturated heterocycles. The summed E-state index contributed by atoms with van der Waals surface area (Å²) < 4.78 is 5.83. The van der Waals surface area contributed by atoms with Gasteiger partial charge in [-0.05, 0) is 37.1 Å². The molecule has 0 bridgehead atoms. The maximum absolute atomic E-state index is 11.3. The molecule has 7 nitrogen and oxygen atoms in total. The van der Waals surface area contributed by atoms with Crippen molar-refractivity contribution in [2.24, 2.45) is 0 Å². The standard InChI is InChI=1S/C18H18I2N2O5/c1-3-15(19)13-9-11(5-7-17(13)21(23)24)27-12-6-8-18(22(25)26)14(10-12)16(20)4-2/h5-10,15-16H,3-4H2,1-2H3. The number of hydrogen-bond donors (Lipinski definition) is 0. The van der Waals surface area contributed by atoms with E-state index in [0.29, 0.717) is 22.6 Å². The third kappa shape index (κ3) is 5.27. The van der Waals surface area contributed by atoms with E-state index >= 15 is 0 Å². The first-order chi connectivity index (χ1) is 12.8. The number of nitro benzene ring substituents is 2. The van der Waals surface area contributed by atoms with Crippen molar-refractivity contribution in [2.75, 3.05) is 0 Å². The Balaban J connectivity index is 2.42. The first-order valence-corrected chi connectivity index (χ1v) is 10.8. The SMILES string of the molecule is CCC(I)c1cc(Oc2ccc([N+](=O)[O-])c(C(I)CC)c2)ccc1[N+](=O)[O-]. The maximum Gasteiger partial charge on any atom is 0.273 e. The summed E-state index contributed by atoms with van der Waals surface area (Å²) in [5.74, 6) is 0.930. The van der Waals surface area contributed by atoms with Crippen molar-refractivity contribution in [1.29, 1.82) is 0 Å². The van der Waals surface area contributed by atoms with Gasteiger partial charge in [-0.1, -0.05) is 59.0 Å². The van der Waals surface area contributed by atoms with E-state index in [4.69, 9.17) is 4.74 Å². The molecule has 0 heterocycles. The second kappa shape index (κ2) is 9.62. The summed E-state index contributed by atoms with van der Waals surface area (Å²) in [6.07, 6.45) is 1.50. The monoisotopic (exact) mass is 596 g/mol. The van der Waals surface area contributed by atoms with Crippen LogP contribution in [0.1, 0.15) is 45.7 Å². The minimum Gasteiger partial charge on any atom is -0.457 e. The molecule has 27 heavy (non-hydrogen) atoms. The number of nitrogens with zero attached hydrogens (tertiary/aromatic N) is 2. The van der Waals surface area contributed by atoms with Crippen LogP contribution in [0.3, 0.4) is 0 Å². The van der Waals surface area contributed by atoms with Gasteiger partial charge in [-0.2, -0.15) is 0 Å². The van der Waals surface area contributed by atoms with Gasteiger partial charge in [0.05, 0.1) is 9.85 Å². The van der Waals surface area contributed by atoms with Crippen LogP contribution in [-0.2, 0) is 0 Å². The number of alkyl halides is 2. The van der Waals surface area contributed by atoms with Crippen LogP contribution in [0.5, 0.6) is 11.5 Å². The van der Waals surface area contributed by atoms with Gasteiger partial charge in [-0.25, -0.2) is 0 Å². The molecule has 0 aromatic heterocycles. The van der Waals surface area contributed by atoms with Crippen molar-refractivity contribution >= 4 is 56.6 Å². The highest BCUT2D eigenvalue weighted by molar-refractivity contribution is 14.1. The van der Waals surface area contributed by atoms with Crippen molar-refractivity contribution in [3.05, 3.63) is 67.8 Å². The molecule has 0 saturated carbocycles. The predicted molar refractivity (Wildman–Crippen MR) is 120 cm³/mol. The van der Waals surface area contributed by atoms with Gasteiger partial charge in [0.2, 0.25) is 0 Å². The van der Waals surface area contributed by atoms with Crippen molar-refractivity contribution in [3.8, 4) is 11.5 Å². The molecule has 2 unspecified atom stereocenters. The third-order valence-electron chi connectivity index (χ3n) is 4.02. The lowest BCUT2D eigenvalue weighted by Gasteiger charge is -2.13. The van der Waals surface area contributed by atoms with Gasteiger partial charge in [0.1, 0.15) is 11.5 Å². The van der Waals surface area contributed by atoms with Crippen LogP contribution >= 0.6 is 45.2 Å². The van der Waals surface area contributed by atoms with Gasteiger partial charge in [0.15, 0.2) is 0 Å². The van der Waals surface area contributed by atoms with E-state index in [0.717, 1.165) is 12.8 Å². The first-order valence-electron chi connectivity index (χ1n) is 8.31. The molecule has 0 amide bonds. The molecule has 144 valence electrons. The second-order valence-electron chi connectivity index (χ2n) is 5.81. The van der Waals surface area contributed by atoms with E-state index in [1.807, 2.05) is 13.8 Å². The number of halogens is 2. The minimum atomic E-state index is -0.396. The smallest absolute Gasteiger partial charge is 0.273 e. The fourth-order valence-corrected chi connectivity index (χ4v) is 3.60. The highest BCUT2D eigenvalue weighted by Gasteiger charge is 2.22. The molecule has 0 spiro atoms. The number of benzene rings is 2. The highest BCUT2D eigenvalue weighted by Crippen LogP contribution is 2.39. The molecule has 0 aliphatic heterocycles. The average Bonchev–Trinajstić information content (AvgIpc) is 2.66. The molecule has 0 radical (unpaired) electrons. The Morgan fingerprint density at radius 3 is 1.52 bits per heavy atom. The average molecular weight is 596 g/mol. The minimum absolute atomic E-state index is 0.0159. The molecule has 2 atom stereocenters. The Labute approximate surface area is 184 Å². The summed E-state index contributed by atoms with van der Waals surface area (Å²) in [4.78, 5) is 21.7. The lowest BCUT2D eigenvalue weighted by atomic mass is 10.1. The zero-order valence-electron chi connectivity index (χ0n) is 14.7. The molecule has 2 aromatic carbocycles. The quantitative estimate of drug-likeness (QED) is 0.141. The Bertz CT molecular complexity index is 790. The van der Waals surface area contributed by atoms with E-state index in [9.17, 15) is 20.2 Å². The van der Waals surface area contributed by atoms with Crippen LogP contribution in [-0.4, -0.2) is 9.85 Å². The van der Waals surface area contributed by atoms with Crippen LogP contribution < -0.4 is 4.74 Å². The van der Waals surface area contributed by atoms with Gasteiger partial charge < -0.3 is 4.74 Å².